The van der Waals surface area contributed by atoms with E-state index in [0.29, 0.717) is 31.4 Å². The van der Waals surface area contributed by atoms with Gasteiger partial charge >= 0.3 is 5.97 Å². The molecule has 0 saturated heterocycles. The average Bonchev–Trinajstić information content (AvgIpc) is 2.60. The molecule has 5 nitrogen and oxygen atoms in total. The summed E-state index contributed by atoms with van der Waals surface area (Å²) in [5.74, 6) is 0.0318. The molecule has 1 aliphatic carbocycles. The molecule has 0 atom stereocenters. The molecule has 2 rings (SSSR count). The zero-order valence-corrected chi connectivity index (χ0v) is 10.1. The third-order valence-corrected chi connectivity index (χ3v) is 3.66. The lowest BCUT2D eigenvalue weighted by Crippen LogP contribution is -2.41. The van der Waals surface area contributed by atoms with Gasteiger partial charge in [0.15, 0.2) is 0 Å². The van der Waals surface area contributed by atoms with E-state index in [1.165, 1.54) is 0 Å². The highest BCUT2D eigenvalue weighted by Gasteiger charge is 2.47. The minimum atomic E-state index is -1.06. The predicted octanol–water partition coefficient (Wildman–Crippen LogP) is 1.55. The number of carboxylic acid groups (broad SMARTS) is 1. The van der Waals surface area contributed by atoms with E-state index in [1.807, 2.05) is 0 Å². The van der Waals surface area contributed by atoms with Crippen molar-refractivity contribution in [1.29, 1.82) is 0 Å². The van der Waals surface area contributed by atoms with E-state index in [2.05, 4.69) is 4.98 Å². The summed E-state index contributed by atoms with van der Waals surface area (Å²) in [6, 6.07) is 0. The zero-order valence-electron chi connectivity index (χ0n) is 10.1. The molecule has 1 saturated carbocycles. The van der Waals surface area contributed by atoms with E-state index in [4.69, 9.17) is 4.42 Å². The van der Waals surface area contributed by atoms with E-state index >= 15 is 0 Å². The number of oxazole rings is 1. The Balaban J connectivity index is 2.38. The number of aliphatic hydroxyl groups is 1. The first-order chi connectivity index (χ1) is 7.95. The number of aliphatic hydroxyl groups excluding tert-OH is 1. The highest BCUT2D eigenvalue weighted by Crippen LogP contribution is 2.39. The van der Waals surface area contributed by atoms with Gasteiger partial charge in [0.1, 0.15) is 11.2 Å². The van der Waals surface area contributed by atoms with Gasteiger partial charge in [0.25, 0.3) is 0 Å². The standard InChI is InChI=1S/C12H17NO4/c1-7-8(2)17-10(13-7)12(11(15)16)5-3-9(14)4-6-12/h9,14H,3-6H2,1-2H3,(H,15,16). The maximum atomic E-state index is 11.5. The molecular formula is C12H17NO4. The van der Waals surface area contributed by atoms with Crippen molar-refractivity contribution in [3.05, 3.63) is 17.3 Å². The van der Waals surface area contributed by atoms with E-state index in [-0.39, 0.29) is 5.89 Å². The molecule has 1 aliphatic rings. The van der Waals surface area contributed by atoms with Crippen molar-refractivity contribution >= 4 is 5.97 Å². The smallest absolute Gasteiger partial charge is 0.319 e. The molecule has 94 valence electrons. The molecule has 1 aromatic heterocycles. The lowest BCUT2D eigenvalue weighted by Gasteiger charge is -2.32. The molecule has 0 unspecified atom stereocenters. The van der Waals surface area contributed by atoms with Crippen LogP contribution in [0.4, 0.5) is 0 Å². The third kappa shape index (κ3) is 1.95. The Morgan fingerprint density at radius 2 is 2.00 bits per heavy atom. The Labute approximate surface area is 99.5 Å². The summed E-state index contributed by atoms with van der Waals surface area (Å²) in [7, 11) is 0. The van der Waals surface area contributed by atoms with Gasteiger partial charge < -0.3 is 14.6 Å². The highest BCUT2D eigenvalue weighted by molar-refractivity contribution is 5.80. The van der Waals surface area contributed by atoms with Gasteiger partial charge in [0.05, 0.1) is 11.8 Å². The van der Waals surface area contributed by atoms with Crippen LogP contribution in [0.2, 0.25) is 0 Å². The van der Waals surface area contributed by atoms with Gasteiger partial charge in [-0.3, -0.25) is 4.79 Å². The number of aryl methyl sites for hydroxylation is 2. The number of rotatable bonds is 2. The number of aromatic nitrogens is 1. The summed E-state index contributed by atoms with van der Waals surface area (Å²) in [6.45, 7) is 3.58. The maximum Gasteiger partial charge on any atom is 0.319 e. The second-order valence-corrected chi connectivity index (χ2v) is 4.78. The number of carbonyl (C=O) groups is 1. The minimum absolute atomic E-state index is 0.284. The van der Waals surface area contributed by atoms with Crippen LogP contribution in [-0.4, -0.2) is 27.3 Å². The average molecular weight is 239 g/mol. The van der Waals surface area contributed by atoms with Crippen LogP contribution in [0.5, 0.6) is 0 Å². The predicted molar refractivity (Wildman–Crippen MR) is 59.8 cm³/mol. The first kappa shape index (κ1) is 12.1. The number of carboxylic acids is 1. The van der Waals surface area contributed by atoms with Crippen molar-refractivity contribution in [2.45, 2.75) is 51.0 Å². The Morgan fingerprint density at radius 3 is 2.41 bits per heavy atom. The molecule has 2 N–H and O–H groups in total. The molecule has 1 fully saturated rings. The summed E-state index contributed by atoms with van der Waals surface area (Å²) < 4.78 is 5.48. The summed E-state index contributed by atoms with van der Waals surface area (Å²) in [6.07, 6.45) is 1.31. The molecule has 0 bridgehead atoms. The van der Waals surface area contributed by atoms with E-state index in [1.54, 1.807) is 13.8 Å². The van der Waals surface area contributed by atoms with E-state index in [0.717, 1.165) is 5.69 Å². The molecule has 1 heterocycles. The summed E-state index contributed by atoms with van der Waals surface area (Å²) in [5.41, 5.74) is -0.329. The number of aliphatic carboxylic acids is 1. The Kier molecular flexibility index (Phi) is 2.95. The second kappa shape index (κ2) is 4.14. The lowest BCUT2D eigenvalue weighted by molar-refractivity contribution is -0.147. The van der Waals surface area contributed by atoms with Crippen molar-refractivity contribution < 1.29 is 19.4 Å². The first-order valence-electron chi connectivity index (χ1n) is 5.81. The van der Waals surface area contributed by atoms with Gasteiger partial charge in [-0.15, -0.1) is 0 Å². The van der Waals surface area contributed by atoms with Crippen LogP contribution < -0.4 is 0 Å². The van der Waals surface area contributed by atoms with Crippen LogP contribution in [0.1, 0.15) is 43.0 Å². The van der Waals surface area contributed by atoms with E-state index < -0.39 is 17.5 Å². The fraction of sp³-hybridized carbons (Fsp3) is 0.667. The van der Waals surface area contributed by atoms with E-state index in [9.17, 15) is 15.0 Å². The Morgan fingerprint density at radius 1 is 1.41 bits per heavy atom. The third-order valence-electron chi connectivity index (χ3n) is 3.66. The SMILES string of the molecule is Cc1nc(C2(C(=O)O)CCC(O)CC2)oc1C. The van der Waals surface area contributed by atoms with Crippen LogP contribution in [0, 0.1) is 13.8 Å². The molecule has 0 radical (unpaired) electrons. The molecule has 1 aromatic rings. The van der Waals surface area contributed by atoms with Crippen LogP contribution in [0.25, 0.3) is 0 Å². The molecule has 0 aliphatic heterocycles. The molecule has 0 spiro atoms. The van der Waals surface area contributed by atoms with Crippen molar-refractivity contribution in [2.75, 3.05) is 0 Å². The second-order valence-electron chi connectivity index (χ2n) is 4.78. The monoisotopic (exact) mass is 239 g/mol. The van der Waals surface area contributed by atoms with Crippen molar-refractivity contribution in [2.24, 2.45) is 0 Å². The number of nitrogens with zero attached hydrogens (tertiary/aromatic N) is 1. The van der Waals surface area contributed by atoms with Gasteiger partial charge in [0, 0.05) is 0 Å². The van der Waals surface area contributed by atoms with Gasteiger partial charge in [-0.05, 0) is 39.5 Å². The molecule has 17 heavy (non-hydrogen) atoms. The first-order valence-corrected chi connectivity index (χ1v) is 5.81. The Hall–Kier alpha value is -1.36. The number of hydrogen-bond donors (Lipinski definition) is 2. The van der Waals surface area contributed by atoms with Crippen molar-refractivity contribution in [3.8, 4) is 0 Å². The molecule has 0 aromatic carbocycles. The van der Waals surface area contributed by atoms with Crippen LogP contribution in [-0.2, 0) is 10.2 Å². The lowest BCUT2D eigenvalue weighted by atomic mass is 9.73. The van der Waals surface area contributed by atoms with Gasteiger partial charge in [-0.1, -0.05) is 0 Å². The molecule has 5 heteroatoms. The topological polar surface area (TPSA) is 83.6 Å². The van der Waals surface area contributed by atoms with Gasteiger partial charge in [-0.2, -0.15) is 0 Å². The summed E-state index contributed by atoms with van der Waals surface area (Å²) in [4.78, 5) is 15.7. The minimum Gasteiger partial charge on any atom is -0.480 e. The van der Waals surface area contributed by atoms with Crippen LogP contribution in [0.15, 0.2) is 4.42 Å². The fourth-order valence-corrected chi connectivity index (χ4v) is 2.29. The van der Waals surface area contributed by atoms with Gasteiger partial charge in [-0.25, -0.2) is 4.98 Å². The highest BCUT2D eigenvalue weighted by atomic mass is 16.4. The molecule has 0 amide bonds. The number of hydrogen-bond acceptors (Lipinski definition) is 4. The van der Waals surface area contributed by atoms with Crippen LogP contribution in [0.3, 0.4) is 0 Å². The maximum absolute atomic E-state index is 11.5. The van der Waals surface area contributed by atoms with Crippen molar-refractivity contribution in [3.63, 3.8) is 0 Å². The van der Waals surface area contributed by atoms with Crippen LogP contribution >= 0.6 is 0 Å². The largest absolute Gasteiger partial charge is 0.480 e. The van der Waals surface area contributed by atoms with Gasteiger partial charge in [0.2, 0.25) is 5.89 Å². The quantitative estimate of drug-likeness (QED) is 0.818. The Bertz CT molecular complexity index is 410. The summed E-state index contributed by atoms with van der Waals surface area (Å²) in [5, 5.41) is 18.9. The zero-order chi connectivity index (χ0) is 12.6. The normalized spacial score (nSPS) is 29.2. The molecular weight excluding hydrogens is 222 g/mol. The van der Waals surface area contributed by atoms with Crippen molar-refractivity contribution in [1.82, 2.24) is 4.98 Å². The summed E-state index contributed by atoms with van der Waals surface area (Å²) >= 11 is 0. The fourth-order valence-electron chi connectivity index (χ4n) is 2.29.